The largest absolute Gasteiger partial charge is 0.352 e. The van der Waals surface area contributed by atoms with Gasteiger partial charge in [0.2, 0.25) is 5.91 Å². The van der Waals surface area contributed by atoms with Gasteiger partial charge in [-0.05, 0) is 13.8 Å². The molecule has 0 aliphatic carbocycles. The third kappa shape index (κ3) is 1.96. The van der Waals surface area contributed by atoms with Crippen molar-refractivity contribution in [2.75, 3.05) is 26.2 Å². The molecule has 1 aromatic rings. The molecule has 0 radical (unpaired) electrons. The number of hydrogen-bond donors (Lipinski definition) is 2. The molecular weight excluding hydrogens is 260 g/mol. The first-order valence-electron chi connectivity index (χ1n) is 6.73. The number of nitrogens with one attached hydrogen (secondary N) is 2. The van der Waals surface area contributed by atoms with E-state index >= 15 is 0 Å². The lowest BCUT2D eigenvalue weighted by Gasteiger charge is -2.40. The van der Waals surface area contributed by atoms with Crippen molar-refractivity contribution < 1.29 is 9.59 Å². The van der Waals surface area contributed by atoms with E-state index in [0.717, 1.165) is 13.1 Å². The van der Waals surface area contributed by atoms with E-state index < -0.39 is 5.54 Å². The first kappa shape index (κ1) is 13.0. The van der Waals surface area contributed by atoms with Gasteiger partial charge in [0.15, 0.2) is 5.69 Å². The average Bonchev–Trinajstić information content (AvgIpc) is 2.79. The Balaban J connectivity index is 1.80. The lowest BCUT2D eigenvalue weighted by Crippen LogP contribution is -2.63. The summed E-state index contributed by atoms with van der Waals surface area (Å²) >= 11 is 0. The van der Waals surface area contributed by atoms with Gasteiger partial charge in [0, 0.05) is 26.2 Å². The Labute approximate surface area is 116 Å². The molecule has 20 heavy (non-hydrogen) atoms. The molecule has 0 spiro atoms. The van der Waals surface area contributed by atoms with Crippen LogP contribution in [0.1, 0.15) is 30.4 Å². The van der Waals surface area contributed by atoms with E-state index in [1.807, 2.05) is 0 Å². The van der Waals surface area contributed by atoms with E-state index in [9.17, 15) is 9.59 Å². The Bertz CT molecular complexity index is 548. The fourth-order valence-corrected chi connectivity index (χ4v) is 2.41. The van der Waals surface area contributed by atoms with Crippen molar-refractivity contribution in [1.29, 1.82) is 0 Å². The number of carbonyl (C=O) groups is 2. The lowest BCUT2D eigenvalue weighted by atomic mass is 9.98. The smallest absolute Gasteiger partial charge is 0.276 e. The minimum Gasteiger partial charge on any atom is -0.352 e. The summed E-state index contributed by atoms with van der Waals surface area (Å²) in [6.07, 6.45) is 1.66. The summed E-state index contributed by atoms with van der Waals surface area (Å²) < 4.78 is 1.71. The van der Waals surface area contributed by atoms with Crippen LogP contribution in [0.5, 0.6) is 0 Å². The molecule has 2 saturated heterocycles. The quantitative estimate of drug-likeness (QED) is 0.707. The van der Waals surface area contributed by atoms with E-state index in [2.05, 4.69) is 20.9 Å². The molecule has 0 unspecified atom stereocenters. The highest BCUT2D eigenvalue weighted by atomic mass is 16.2. The van der Waals surface area contributed by atoms with Gasteiger partial charge in [-0.25, -0.2) is 4.68 Å². The summed E-state index contributed by atoms with van der Waals surface area (Å²) in [6, 6.07) is 0.265. The van der Waals surface area contributed by atoms with Crippen molar-refractivity contribution in [2.24, 2.45) is 0 Å². The third-order valence-corrected chi connectivity index (χ3v) is 3.96. The van der Waals surface area contributed by atoms with E-state index in [0.29, 0.717) is 18.8 Å². The number of rotatable bonds is 2. The number of nitrogens with zero attached hydrogens (tertiary/aromatic N) is 4. The minimum absolute atomic E-state index is 0.146. The Hall–Kier alpha value is -1.96. The molecule has 1 aromatic heterocycles. The SMILES string of the molecule is CC1(C)C(=O)NCCN1C(=O)c1cn(C2CNC2)nn1. The Morgan fingerprint density at radius 2 is 2.20 bits per heavy atom. The molecule has 0 bridgehead atoms. The molecular formula is C12H18N6O2. The third-order valence-electron chi connectivity index (χ3n) is 3.96. The van der Waals surface area contributed by atoms with Gasteiger partial charge in [0.25, 0.3) is 5.91 Å². The number of hydrogen-bond acceptors (Lipinski definition) is 5. The van der Waals surface area contributed by atoms with Crippen LogP contribution in [0.15, 0.2) is 6.20 Å². The van der Waals surface area contributed by atoms with Crippen LogP contribution in [0.3, 0.4) is 0 Å². The second kappa shape index (κ2) is 4.55. The molecule has 2 N–H and O–H groups in total. The van der Waals surface area contributed by atoms with Gasteiger partial charge in [0.1, 0.15) is 5.54 Å². The molecule has 0 aromatic carbocycles. The van der Waals surface area contributed by atoms with Crippen LogP contribution >= 0.6 is 0 Å². The maximum Gasteiger partial charge on any atom is 0.276 e. The summed E-state index contributed by atoms with van der Waals surface area (Å²) in [5.41, 5.74) is -0.573. The Morgan fingerprint density at radius 1 is 1.45 bits per heavy atom. The molecule has 8 heteroatoms. The molecule has 0 atom stereocenters. The van der Waals surface area contributed by atoms with Crippen molar-refractivity contribution in [2.45, 2.75) is 25.4 Å². The van der Waals surface area contributed by atoms with E-state index in [1.165, 1.54) is 0 Å². The first-order chi connectivity index (χ1) is 9.50. The van der Waals surface area contributed by atoms with Gasteiger partial charge in [0.05, 0.1) is 12.2 Å². The van der Waals surface area contributed by atoms with Gasteiger partial charge >= 0.3 is 0 Å². The predicted octanol–water partition coefficient (Wildman–Crippen LogP) is -1.23. The lowest BCUT2D eigenvalue weighted by molar-refractivity contribution is -0.133. The fraction of sp³-hybridized carbons (Fsp3) is 0.667. The maximum absolute atomic E-state index is 12.5. The Morgan fingerprint density at radius 3 is 2.85 bits per heavy atom. The fourth-order valence-electron chi connectivity index (χ4n) is 2.41. The zero-order valence-corrected chi connectivity index (χ0v) is 11.6. The molecule has 8 nitrogen and oxygen atoms in total. The molecule has 3 rings (SSSR count). The molecule has 2 fully saturated rings. The van der Waals surface area contributed by atoms with Gasteiger partial charge in [-0.2, -0.15) is 0 Å². The van der Waals surface area contributed by atoms with Crippen LogP contribution in [0.4, 0.5) is 0 Å². The van der Waals surface area contributed by atoms with Gasteiger partial charge in [-0.15, -0.1) is 5.10 Å². The predicted molar refractivity (Wildman–Crippen MR) is 70.1 cm³/mol. The van der Waals surface area contributed by atoms with Crippen LogP contribution in [0.25, 0.3) is 0 Å². The van der Waals surface area contributed by atoms with Gasteiger partial charge in [-0.1, -0.05) is 5.21 Å². The molecule has 3 heterocycles. The summed E-state index contributed by atoms with van der Waals surface area (Å²) in [6.45, 7) is 6.10. The molecule has 2 amide bonds. The van der Waals surface area contributed by atoms with Crippen LogP contribution in [-0.4, -0.2) is 63.4 Å². The van der Waals surface area contributed by atoms with Crippen molar-refractivity contribution in [3.05, 3.63) is 11.9 Å². The summed E-state index contributed by atoms with van der Waals surface area (Å²) in [4.78, 5) is 25.9. The standard InChI is InChI=1S/C12H18N6O2/c1-12(2)11(20)14-3-4-17(12)10(19)9-7-18(16-15-9)8-5-13-6-8/h7-8,13H,3-6H2,1-2H3,(H,14,20). The zero-order valence-electron chi connectivity index (χ0n) is 11.6. The van der Waals surface area contributed by atoms with Crippen molar-refractivity contribution in [3.63, 3.8) is 0 Å². The highest BCUT2D eigenvalue weighted by Crippen LogP contribution is 2.20. The summed E-state index contributed by atoms with van der Waals surface area (Å²) in [7, 11) is 0. The molecule has 2 aliphatic heterocycles. The van der Waals surface area contributed by atoms with E-state index in [4.69, 9.17) is 0 Å². The van der Waals surface area contributed by atoms with Crippen LogP contribution in [0.2, 0.25) is 0 Å². The second-order valence-electron chi connectivity index (χ2n) is 5.67. The van der Waals surface area contributed by atoms with E-state index in [1.54, 1.807) is 29.6 Å². The van der Waals surface area contributed by atoms with Crippen LogP contribution in [-0.2, 0) is 4.79 Å². The van der Waals surface area contributed by atoms with Crippen molar-refractivity contribution in [1.82, 2.24) is 30.5 Å². The van der Waals surface area contributed by atoms with Gasteiger partial charge in [-0.3, -0.25) is 9.59 Å². The number of amides is 2. The topological polar surface area (TPSA) is 92.2 Å². The zero-order chi connectivity index (χ0) is 14.3. The molecule has 2 aliphatic rings. The highest BCUT2D eigenvalue weighted by molar-refractivity contribution is 5.98. The normalized spacial score (nSPS) is 22.3. The van der Waals surface area contributed by atoms with E-state index in [-0.39, 0.29) is 17.9 Å². The van der Waals surface area contributed by atoms with Crippen LogP contribution < -0.4 is 10.6 Å². The maximum atomic E-state index is 12.5. The van der Waals surface area contributed by atoms with Crippen molar-refractivity contribution in [3.8, 4) is 0 Å². The monoisotopic (exact) mass is 278 g/mol. The average molecular weight is 278 g/mol. The van der Waals surface area contributed by atoms with Crippen molar-refractivity contribution >= 4 is 11.8 Å². The minimum atomic E-state index is -0.864. The van der Waals surface area contributed by atoms with Crippen LogP contribution in [0, 0.1) is 0 Å². The summed E-state index contributed by atoms with van der Waals surface area (Å²) in [5, 5.41) is 13.9. The second-order valence-corrected chi connectivity index (χ2v) is 5.67. The number of piperazine rings is 1. The first-order valence-corrected chi connectivity index (χ1v) is 6.73. The molecule has 0 saturated carbocycles. The highest BCUT2D eigenvalue weighted by Gasteiger charge is 2.41. The number of aromatic nitrogens is 3. The summed E-state index contributed by atoms with van der Waals surface area (Å²) in [5.74, 6) is -0.393. The number of carbonyl (C=O) groups excluding carboxylic acids is 2. The Kier molecular flexibility index (Phi) is 2.97. The van der Waals surface area contributed by atoms with Gasteiger partial charge < -0.3 is 15.5 Å². The molecule has 108 valence electrons.